The molecular weight excluding hydrogens is 550 g/mol. The number of rotatable bonds is 19. The van der Waals surface area contributed by atoms with Crippen LogP contribution in [0.4, 0.5) is 0 Å². The summed E-state index contributed by atoms with van der Waals surface area (Å²) in [6.07, 6.45) is 3.98. The summed E-state index contributed by atoms with van der Waals surface area (Å²) in [5, 5.41) is 15.5. The van der Waals surface area contributed by atoms with Gasteiger partial charge in [0.15, 0.2) is 0 Å². The van der Waals surface area contributed by atoms with Crippen molar-refractivity contribution in [2.24, 2.45) is 35.5 Å². The summed E-state index contributed by atoms with van der Waals surface area (Å²) >= 11 is 0. The van der Waals surface area contributed by atoms with Crippen LogP contribution in [0.3, 0.4) is 0 Å². The molecular formula is C33H61N3O7. The SMILES string of the molecule is CC[C@H](C)[C@@H]([C@@H](CC(=O)C[C@H]1CCC[C@@H]([C@H](OC)[C@@H](C)C(=O)O)C1)OC)N(C)C(=O)[C@@H](NC(=O)[C@@H](NC)C(C)C)C(C)C. The molecule has 1 saturated carbocycles. The highest BCUT2D eigenvalue weighted by Gasteiger charge is 2.39. The monoisotopic (exact) mass is 611 g/mol. The fraction of sp³-hybridized carbons (Fsp3) is 0.879. The zero-order valence-corrected chi connectivity index (χ0v) is 28.6. The zero-order chi connectivity index (χ0) is 33.0. The van der Waals surface area contributed by atoms with E-state index >= 15 is 0 Å². The third kappa shape index (κ3) is 11.1. The lowest BCUT2D eigenvalue weighted by Crippen LogP contribution is -2.59. The first-order valence-corrected chi connectivity index (χ1v) is 16.2. The number of ether oxygens (including phenoxy) is 2. The van der Waals surface area contributed by atoms with Gasteiger partial charge in [0.25, 0.3) is 0 Å². The molecule has 0 spiro atoms. The summed E-state index contributed by atoms with van der Waals surface area (Å²) in [4.78, 5) is 53.7. The second kappa shape index (κ2) is 18.7. The van der Waals surface area contributed by atoms with Crippen molar-refractivity contribution in [3.63, 3.8) is 0 Å². The molecule has 3 N–H and O–H groups in total. The highest BCUT2D eigenvalue weighted by atomic mass is 16.5. The van der Waals surface area contributed by atoms with E-state index in [1.165, 1.54) is 0 Å². The lowest BCUT2D eigenvalue weighted by molar-refractivity contribution is -0.148. The van der Waals surface area contributed by atoms with Crippen molar-refractivity contribution in [2.45, 2.75) is 124 Å². The van der Waals surface area contributed by atoms with Crippen LogP contribution >= 0.6 is 0 Å². The largest absolute Gasteiger partial charge is 0.481 e. The van der Waals surface area contributed by atoms with Gasteiger partial charge in [-0.25, -0.2) is 0 Å². The Morgan fingerprint density at radius 2 is 1.56 bits per heavy atom. The molecule has 0 aliphatic heterocycles. The molecule has 43 heavy (non-hydrogen) atoms. The molecule has 1 aliphatic rings. The van der Waals surface area contributed by atoms with Crippen LogP contribution in [0.2, 0.25) is 0 Å². The van der Waals surface area contributed by atoms with Crippen molar-refractivity contribution in [1.82, 2.24) is 15.5 Å². The zero-order valence-electron chi connectivity index (χ0n) is 28.6. The van der Waals surface area contributed by atoms with Gasteiger partial charge in [-0.2, -0.15) is 0 Å². The fourth-order valence-electron chi connectivity index (χ4n) is 6.86. The Balaban J connectivity index is 3.07. The van der Waals surface area contributed by atoms with E-state index in [1.54, 1.807) is 40.1 Å². The standard InChI is InChI=1S/C33H61N3O7/c1-12-21(6)29(36(9)32(39)28(20(4)5)35-31(38)27(34-8)19(2)3)26(42-10)18-25(37)17-23-14-13-15-24(16-23)30(43-11)22(7)33(40)41/h19-24,26-30,34H,12-18H2,1-11H3,(H,35,38)(H,40,41)/t21-,22+,23-,24+,26+,27-,28-,29-,30+/m0/s1. The lowest BCUT2D eigenvalue weighted by atomic mass is 9.74. The Morgan fingerprint density at radius 3 is 2.02 bits per heavy atom. The van der Waals surface area contributed by atoms with Crippen LogP contribution in [-0.2, 0) is 28.7 Å². The highest BCUT2D eigenvalue weighted by Crippen LogP contribution is 2.37. The van der Waals surface area contributed by atoms with Crippen LogP contribution in [0.5, 0.6) is 0 Å². The van der Waals surface area contributed by atoms with E-state index < -0.39 is 30.1 Å². The minimum Gasteiger partial charge on any atom is -0.481 e. The lowest BCUT2D eigenvalue weighted by Gasteiger charge is -2.40. The average molecular weight is 612 g/mol. The summed E-state index contributed by atoms with van der Waals surface area (Å²) in [6, 6.07) is -1.49. The molecule has 0 unspecified atom stereocenters. The molecule has 1 rings (SSSR count). The van der Waals surface area contributed by atoms with Crippen LogP contribution in [0.15, 0.2) is 0 Å². The van der Waals surface area contributed by atoms with Crippen molar-refractivity contribution in [3.05, 3.63) is 0 Å². The number of carboxylic acid groups (broad SMARTS) is 1. The predicted octanol–water partition coefficient (Wildman–Crippen LogP) is 4.15. The van der Waals surface area contributed by atoms with Gasteiger partial charge in [-0.1, -0.05) is 60.8 Å². The van der Waals surface area contributed by atoms with Gasteiger partial charge in [0.1, 0.15) is 11.8 Å². The minimum absolute atomic E-state index is 0.0509. The van der Waals surface area contributed by atoms with E-state index in [1.807, 2.05) is 27.7 Å². The number of amides is 2. The first-order valence-electron chi connectivity index (χ1n) is 16.2. The number of likely N-dealkylation sites (N-methyl/N-ethyl adjacent to an activating group) is 2. The molecule has 0 bridgehead atoms. The van der Waals surface area contributed by atoms with Gasteiger partial charge in [-0.3, -0.25) is 19.2 Å². The summed E-state index contributed by atoms with van der Waals surface area (Å²) in [5.74, 6) is -1.59. The molecule has 0 aromatic rings. The minimum atomic E-state index is -0.871. The van der Waals surface area contributed by atoms with Crippen LogP contribution in [0.1, 0.15) is 93.4 Å². The van der Waals surface area contributed by atoms with Gasteiger partial charge in [0.2, 0.25) is 11.8 Å². The van der Waals surface area contributed by atoms with Crippen molar-refractivity contribution in [2.75, 3.05) is 28.3 Å². The van der Waals surface area contributed by atoms with Crippen molar-refractivity contribution in [3.8, 4) is 0 Å². The molecule has 10 heteroatoms. The van der Waals surface area contributed by atoms with Crippen molar-refractivity contribution in [1.29, 1.82) is 0 Å². The molecule has 0 heterocycles. The number of aliphatic carboxylic acids is 1. The van der Waals surface area contributed by atoms with E-state index in [4.69, 9.17) is 9.47 Å². The number of carboxylic acids is 1. The molecule has 1 fully saturated rings. The summed E-state index contributed by atoms with van der Waals surface area (Å²) < 4.78 is 11.5. The van der Waals surface area contributed by atoms with Gasteiger partial charge in [-0.15, -0.1) is 0 Å². The Morgan fingerprint density at radius 1 is 0.953 bits per heavy atom. The molecule has 0 saturated heterocycles. The van der Waals surface area contributed by atoms with Gasteiger partial charge < -0.3 is 30.1 Å². The number of Topliss-reactive ketones (excluding diaryl/α,β-unsaturated/α-hetero) is 1. The maximum atomic E-state index is 13.9. The van der Waals surface area contributed by atoms with Gasteiger partial charge in [-0.05, 0) is 56.4 Å². The number of hydrogen-bond donors (Lipinski definition) is 3. The van der Waals surface area contributed by atoms with Crippen molar-refractivity contribution >= 4 is 23.6 Å². The maximum absolute atomic E-state index is 13.9. The average Bonchev–Trinajstić information content (AvgIpc) is 2.95. The molecule has 10 nitrogen and oxygen atoms in total. The summed E-state index contributed by atoms with van der Waals surface area (Å²) in [7, 11) is 6.63. The van der Waals surface area contributed by atoms with Crippen LogP contribution < -0.4 is 10.6 Å². The van der Waals surface area contributed by atoms with Crippen LogP contribution in [0, 0.1) is 35.5 Å². The third-order valence-corrected chi connectivity index (χ3v) is 9.58. The summed E-state index contributed by atoms with van der Waals surface area (Å²) in [6.45, 7) is 13.5. The first kappa shape index (κ1) is 39.0. The van der Waals surface area contributed by atoms with Crippen molar-refractivity contribution < 1.29 is 33.8 Å². The number of methoxy groups -OCH3 is 2. The van der Waals surface area contributed by atoms with E-state index in [0.717, 1.165) is 32.1 Å². The second-order valence-corrected chi connectivity index (χ2v) is 13.4. The molecule has 0 radical (unpaired) electrons. The number of ketones is 1. The van der Waals surface area contributed by atoms with E-state index in [-0.39, 0.29) is 65.8 Å². The highest BCUT2D eigenvalue weighted by molar-refractivity contribution is 5.90. The molecule has 0 aromatic heterocycles. The number of nitrogens with zero attached hydrogens (tertiary/aromatic N) is 1. The topological polar surface area (TPSA) is 134 Å². The Bertz CT molecular complexity index is 896. The smallest absolute Gasteiger partial charge is 0.308 e. The molecule has 1 aliphatic carbocycles. The fourth-order valence-corrected chi connectivity index (χ4v) is 6.86. The maximum Gasteiger partial charge on any atom is 0.308 e. The molecule has 0 aromatic carbocycles. The number of carbonyl (C=O) groups excluding carboxylic acids is 3. The normalized spacial score (nSPS) is 22.3. The van der Waals surface area contributed by atoms with E-state index in [2.05, 4.69) is 24.5 Å². The molecule has 250 valence electrons. The van der Waals surface area contributed by atoms with E-state index in [0.29, 0.717) is 6.42 Å². The first-order chi connectivity index (χ1) is 20.1. The number of carbonyl (C=O) groups is 4. The van der Waals surface area contributed by atoms with Gasteiger partial charge >= 0.3 is 5.97 Å². The molecule has 9 atom stereocenters. The van der Waals surface area contributed by atoms with Crippen LogP contribution in [-0.4, -0.2) is 92.2 Å². The van der Waals surface area contributed by atoms with Gasteiger partial charge in [0.05, 0.1) is 30.2 Å². The predicted molar refractivity (Wildman–Crippen MR) is 169 cm³/mol. The van der Waals surface area contributed by atoms with Crippen LogP contribution in [0.25, 0.3) is 0 Å². The number of hydrogen-bond acceptors (Lipinski definition) is 7. The Labute approximate surface area is 260 Å². The van der Waals surface area contributed by atoms with E-state index in [9.17, 15) is 24.3 Å². The Hall–Kier alpha value is -2.04. The molecule has 2 amide bonds. The summed E-state index contributed by atoms with van der Waals surface area (Å²) in [5.41, 5.74) is 0. The number of nitrogens with one attached hydrogen (secondary N) is 2. The third-order valence-electron chi connectivity index (χ3n) is 9.58. The van der Waals surface area contributed by atoms with Gasteiger partial charge in [0, 0.05) is 34.1 Å². The Kier molecular flexibility index (Phi) is 16.9. The second-order valence-electron chi connectivity index (χ2n) is 13.4. The quantitative estimate of drug-likeness (QED) is 0.198.